The molecule has 37 heavy (non-hydrogen) atoms. The Morgan fingerprint density at radius 2 is 0.973 bits per heavy atom. The summed E-state index contributed by atoms with van der Waals surface area (Å²) in [6.45, 7) is 0. The standard InChI is InChI=1S/C30H49NO5S/c32-28(31-26-20-17-18-21-27(26)37-25-19-24-30(35)36)22-15-13-11-9-7-5-3-1-2-4-6-8-10-12-14-16-23-29(33)34/h17-18,20-21H,1-16,19,22-25H2,(H,31,32)(H,33,34)(H,35,36). The molecule has 210 valence electrons. The van der Waals surface area contributed by atoms with Gasteiger partial charge in [-0.3, -0.25) is 14.4 Å². The molecule has 0 aliphatic rings. The number of para-hydroxylation sites is 1. The van der Waals surface area contributed by atoms with Crippen LogP contribution in [-0.4, -0.2) is 33.8 Å². The summed E-state index contributed by atoms with van der Waals surface area (Å²) in [7, 11) is 0. The van der Waals surface area contributed by atoms with Crippen LogP contribution in [0, 0.1) is 0 Å². The van der Waals surface area contributed by atoms with Crippen LogP contribution in [0.5, 0.6) is 0 Å². The highest BCUT2D eigenvalue weighted by Crippen LogP contribution is 2.28. The summed E-state index contributed by atoms with van der Waals surface area (Å²) in [6, 6.07) is 7.72. The molecule has 0 radical (unpaired) electrons. The van der Waals surface area contributed by atoms with Crippen molar-refractivity contribution >= 4 is 35.3 Å². The Hall–Kier alpha value is -2.02. The van der Waals surface area contributed by atoms with E-state index in [4.69, 9.17) is 10.2 Å². The van der Waals surface area contributed by atoms with Gasteiger partial charge in [-0.1, -0.05) is 102 Å². The third-order valence-corrected chi connectivity index (χ3v) is 7.66. The first-order valence-electron chi connectivity index (χ1n) is 14.4. The topological polar surface area (TPSA) is 104 Å². The maximum atomic E-state index is 12.3. The first-order chi connectivity index (χ1) is 18.0. The van der Waals surface area contributed by atoms with Gasteiger partial charge in [-0.25, -0.2) is 0 Å². The minimum Gasteiger partial charge on any atom is -0.481 e. The molecular weight excluding hydrogens is 486 g/mol. The number of thioether (sulfide) groups is 1. The summed E-state index contributed by atoms with van der Waals surface area (Å²) >= 11 is 1.59. The van der Waals surface area contributed by atoms with Crippen LogP contribution in [0.25, 0.3) is 0 Å². The van der Waals surface area contributed by atoms with E-state index in [1.54, 1.807) is 11.8 Å². The largest absolute Gasteiger partial charge is 0.481 e. The van der Waals surface area contributed by atoms with Crippen LogP contribution in [0.2, 0.25) is 0 Å². The number of hydrogen-bond donors (Lipinski definition) is 3. The molecule has 0 saturated carbocycles. The molecule has 3 N–H and O–H groups in total. The van der Waals surface area contributed by atoms with E-state index in [0.29, 0.717) is 19.3 Å². The Morgan fingerprint density at radius 1 is 0.568 bits per heavy atom. The van der Waals surface area contributed by atoms with Gasteiger partial charge in [-0.2, -0.15) is 0 Å². The fraction of sp³-hybridized carbons (Fsp3) is 0.700. The van der Waals surface area contributed by atoms with Crippen LogP contribution in [-0.2, 0) is 14.4 Å². The zero-order chi connectivity index (χ0) is 27.0. The zero-order valence-corrected chi connectivity index (χ0v) is 23.5. The first-order valence-corrected chi connectivity index (χ1v) is 15.4. The lowest BCUT2D eigenvalue weighted by molar-refractivity contribution is -0.138. The van der Waals surface area contributed by atoms with Crippen LogP contribution >= 0.6 is 11.8 Å². The maximum absolute atomic E-state index is 12.3. The average Bonchev–Trinajstić information content (AvgIpc) is 2.86. The van der Waals surface area contributed by atoms with Crippen molar-refractivity contribution in [2.75, 3.05) is 11.1 Å². The Balaban J connectivity index is 1.92. The second kappa shape index (κ2) is 23.1. The Morgan fingerprint density at radius 3 is 1.46 bits per heavy atom. The van der Waals surface area contributed by atoms with E-state index in [-0.39, 0.29) is 12.3 Å². The van der Waals surface area contributed by atoms with E-state index >= 15 is 0 Å². The molecule has 1 rings (SSSR count). The van der Waals surface area contributed by atoms with Crippen LogP contribution in [0.4, 0.5) is 5.69 Å². The van der Waals surface area contributed by atoms with Gasteiger partial charge in [0.05, 0.1) is 5.69 Å². The lowest BCUT2D eigenvalue weighted by Gasteiger charge is -2.10. The molecule has 0 bridgehead atoms. The SMILES string of the molecule is O=C(O)CCCCCCCCCCCCCCCCCCC(=O)Nc1ccccc1SCCCC(=O)O. The van der Waals surface area contributed by atoms with Crippen molar-refractivity contribution in [1.29, 1.82) is 0 Å². The molecule has 0 aromatic heterocycles. The van der Waals surface area contributed by atoms with Crippen molar-refractivity contribution in [3.8, 4) is 0 Å². The fourth-order valence-electron chi connectivity index (χ4n) is 4.35. The van der Waals surface area contributed by atoms with Gasteiger partial charge in [0.1, 0.15) is 0 Å². The van der Waals surface area contributed by atoms with Crippen molar-refractivity contribution in [1.82, 2.24) is 0 Å². The van der Waals surface area contributed by atoms with E-state index in [1.165, 1.54) is 77.0 Å². The summed E-state index contributed by atoms with van der Waals surface area (Å²) < 4.78 is 0. The number of hydrogen-bond acceptors (Lipinski definition) is 4. The molecule has 0 unspecified atom stereocenters. The summed E-state index contributed by atoms with van der Waals surface area (Å²) in [6.07, 6.45) is 20.9. The van der Waals surface area contributed by atoms with E-state index < -0.39 is 11.9 Å². The second-order valence-corrected chi connectivity index (χ2v) is 11.1. The Labute approximate surface area is 228 Å². The third kappa shape index (κ3) is 20.7. The normalized spacial score (nSPS) is 10.9. The zero-order valence-electron chi connectivity index (χ0n) is 22.7. The molecular formula is C30H49NO5S. The van der Waals surface area contributed by atoms with Crippen LogP contribution in [0.3, 0.4) is 0 Å². The molecule has 7 heteroatoms. The molecule has 0 fully saturated rings. The number of amides is 1. The number of rotatable bonds is 25. The highest BCUT2D eigenvalue weighted by atomic mass is 32.2. The predicted molar refractivity (Wildman–Crippen MR) is 153 cm³/mol. The first kappa shape index (κ1) is 33.0. The highest BCUT2D eigenvalue weighted by molar-refractivity contribution is 7.99. The Kier molecular flexibility index (Phi) is 20.6. The molecule has 0 heterocycles. The van der Waals surface area contributed by atoms with Crippen molar-refractivity contribution in [3.05, 3.63) is 24.3 Å². The van der Waals surface area contributed by atoms with Crippen LogP contribution < -0.4 is 5.32 Å². The number of benzene rings is 1. The summed E-state index contributed by atoms with van der Waals surface area (Å²) in [5, 5.41) is 20.4. The smallest absolute Gasteiger partial charge is 0.303 e. The summed E-state index contributed by atoms with van der Waals surface area (Å²) in [4.78, 5) is 34.5. The van der Waals surface area contributed by atoms with E-state index in [9.17, 15) is 14.4 Å². The second-order valence-electron chi connectivity index (χ2n) is 9.94. The van der Waals surface area contributed by atoms with Gasteiger partial charge in [0, 0.05) is 24.2 Å². The van der Waals surface area contributed by atoms with Gasteiger partial charge in [-0.05, 0) is 37.1 Å². The minimum atomic E-state index is -0.774. The summed E-state index contributed by atoms with van der Waals surface area (Å²) in [5.74, 6) is -0.679. The van der Waals surface area contributed by atoms with E-state index in [2.05, 4.69) is 5.32 Å². The van der Waals surface area contributed by atoms with E-state index in [1.807, 2.05) is 24.3 Å². The monoisotopic (exact) mass is 535 g/mol. The minimum absolute atomic E-state index is 0.0526. The number of carboxylic acid groups (broad SMARTS) is 2. The van der Waals surface area contributed by atoms with Crippen LogP contribution in [0.1, 0.15) is 128 Å². The number of unbranched alkanes of at least 4 members (excludes halogenated alkanes) is 15. The molecule has 0 saturated heterocycles. The van der Waals surface area contributed by atoms with Gasteiger partial charge in [-0.15, -0.1) is 11.8 Å². The Bertz CT molecular complexity index is 755. The molecule has 1 amide bonds. The molecule has 1 aromatic carbocycles. The number of carbonyl (C=O) groups excluding carboxylic acids is 1. The molecule has 6 nitrogen and oxygen atoms in total. The average molecular weight is 536 g/mol. The predicted octanol–water partition coefficient (Wildman–Crippen LogP) is 8.69. The number of carbonyl (C=O) groups is 3. The van der Waals surface area contributed by atoms with Gasteiger partial charge in [0.25, 0.3) is 0 Å². The van der Waals surface area contributed by atoms with Gasteiger partial charge < -0.3 is 15.5 Å². The lowest BCUT2D eigenvalue weighted by Crippen LogP contribution is -2.11. The molecule has 1 aromatic rings. The molecule has 0 aliphatic heterocycles. The van der Waals surface area contributed by atoms with Crippen molar-refractivity contribution in [2.24, 2.45) is 0 Å². The van der Waals surface area contributed by atoms with Gasteiger partial charge >= 0.3 is 11.9 Å². The highest BCUT2D eigenvalue weighted by Gasteiger charge is 2.07. The van der Waals surface area contributed by atoms with Crippen LogP contribution in [0.15, 0.2) is 29.2 Å². The molecule has 0 aliphatic carbocycles. The lowest BCUT2D eigenvalue weighted by atomic mass is 10.0. The number of carboxylic acids is 2. The fourth-order valence-corrected chi connectivity index (χ4v) is 5.31. The summed E-state index contributed by atoms with van der Waals surface area (Å²) in [5.41, 5.74) is 0.820. The van der Waals surface area contributed by atoms with Crippen molar-refractivity contribution < 1.29 is 24.6 Å². The quantitative estimate of drug-likeness (QED) is 0.0854. The molecule has 0 spiro atoms. The number of nitrogens with one attached hydrogen (secondary N) is 1. The van der Waals surface area contributed by atoms with Gasteiger partial charge in [0.15, 0.2) is 0 Å². The van der Waals surface area contributed by atoms with Crippen molar-refractivity contribution in [2.45, 2.75) is 133 Å². The van der Waals surface area contributed by atoms with Crippen molar-refractivity contribution in [3.63, 3.8) is 0 Å². The third-order valence-electron chi connectivity index (χ3n) is 6.50. The number of anilines is 1. The van der Waals surface area contributed by atoms with Gasteiger partial charge in [0.2, 0.25) is 5.91 Å². The maximum Gasteiger partial charge on any atom is 0.303 e. The number of aliphatic carboxylic acids is 2. The molecule has 0 atom stereocenters. The van der Waals surface area contributed by atoms with E-state index in [0.717, 1.165) is 42.0 Å².